The van der Waals surface area contributed by atoms with Gasteiger partial charge in [-0.15, -0.1) is 0 Å². The van der Waals surface area contributed by atoms with E-state index in [9.17, 15) is 23.3 Å². The van der Waals surface area contributed by atoms with Crippen molar-refractivity contribution >= 4 is 38.8 Å². The van der Waals surface area contributed by atoms with E-state index < -0.39 is 21.0 Å². The number of hydrogen-bond donors (Lipinski definition) is 3. The average Bonchev–Trinajstić information content (AvgIpc) is 2.86. The Morgan fingerprint density at radius 3 is 1.91 bits per heavy atom. The minimum Gasteiger partial charge on any atom is -0.308 e. The second kappa shape index (κ2) is 10.1. The van der Waals surface area contributed by atoms with E-state index in [1.807, 2.05) is 30.3 Å². The van der Waals surface area contributed by atoms with Gasteiger partial charge >= 0.3 is 6.03 Å². The number of anilines is 3. The molecule has 2 amide bonds. The molecule has 35 heavy (non-hydrogen) atoms. The van der Waals surface area contributed by atoms with Gasteiger partial charge in [0.2, 0.25) is 0 Å². The zero-order chi connectivity index (χ0) is 24.8. The monoisotopic (exact) mass is 488 g/mol. The van der Waals surface area contributed by atoms with Crippen LogP contribution in [0, 0.1) is 10.1 Å². The summed E-state index contributed by atoms with van der Waals surface area (Å²) in [6.45, 7) is 0. The predicted octanol–water partition coefficient (Wildman–Crippen LogP) is 5.71. The van der Waals surface area contributed by atoms with Crippen molar-refractivity contribution in [3.8, 4) is 11.1 Å². The molecule has 3 N–H and O–H groups in total. The zero-order valence-electron chi connectivity index (χ0n) is 18.2. The Bertz CT molecular complexity index is 1460. The second-order valence-electron chi connectivity index (χ2n) is 7.43. The Balaban J connectivity index is 1.40. The molecule has 0 aromatic heterocycles. The maximum Gasteiger partial charge on any atom is 0.323 e. The first-order valence-electron chi connectivity index (χ1n) is 10.4. The fraction of sp³-hybridized carbons (Fsp3) is 0. The van der Waals surface area contributed by atoms with E-state index in [-0.39, 0.29) is 16.3 Å². The van der Waals surface area contributed by atoms with Gasteiger partial charge in [-0.1, -0.05) is 54.6 Å². The maximum absolute atomic E-state index is 12.8. The third kappa shape index (κ3) is 5.81. The molecule has 0 spiro atoms. The van der Waals surface area contributed by atoms with E-state index in [1.165, 1.54) is 54.6 Å². The lowest BCUT2D eigenvalue weighted by molar-refractivity contribution is -0.383. The highest BCUT2D eigenvalue weighted by molar-refractivity contribution is 7.92. The third-order valence-corrected chi connectivity index (χ3v) is 6.41. The highest BCUT2D eigenvalue weighted by Crippen LogP contribution is 2.25. The van der Waals surface area contributed by atoms with E-state index in [4.69, 9.17) is 0 Å². The number of sulfonamides is 1. The van der Waals surface area contributed by atoms with E-state index >= 15 is 0 Å². The van der Waals surface area contributed by atoms with E-state index in [2.05, 4.69) is 15.4 Å². The van der Waals surface area contributed by atoms with Crippen molar-refractivity contribution in [3.05, 3.63) is 113 Å². The molecule has 10 heteroatoms. The summed E-state index contributed by atoms with van der Waals surface area (Å²) in [7, 11) is -3.82. The highest BCUT2D eigenvalue weighted by atomic mass is 32.2. The number of urea groups is 1. The number of carbonyl (C=O) groups is 1. The number of nitrogens with one attached hydrogen (secondary N) is 3. The Kier molecular flexibility index (Phi) is 6.74. The topological polar surface area (TPSA) is 130 Å². The van der Waals surface area contributed by atoms with Gasteiger partial charge in [0.05, 0.1) is 9.82 Å². The highest BCUT2D eigenvalue weighted by Gasteiger charge is 2.16. The lowest BCUT2D eigenvalue weighted by atomic mass is 10.1. The molecule has 0 saturated heterocycles. The minimum atomic E-state index is -3.82. The Hall–Kier alpha value is -4.70. The van der Waals surface area contributed by atoms with Gasteiger partial charge in [-0.05, 0) is 53.6 Å². The fourth-order valence-electron chi connectivity index (χ4n) is 3.32. The van der Waals surface area contributed by atoms with E-state index in [0.29, 0.717) is 11.4 Å². The number of hydrogen-bond acceptors (Lipinski definition) is 5. The van der Waals surface area contributed by atoms with Crippen molar-refractivity contribution in [1.82, 2.24) is 0 Å². The molecule has 0 saturated carbocycles. The van der Waals surface area contributed by atoms with Crippen molar-refractivity contribution in [1.29, 1.82) is 0 Å². The number of amides is 2. The quantitative estimate of drug-likeness (QED) is 0.227. The van der Waals surface area contributed by atoms with Gasteiger partial charge in [0, 0.05) is 17.4 Å². The molecule has 0 fully saturated rings. The molecule has 176 valence electrons. The smallest absolute Gasteiger partial charge is 0.308 e. The van der Waals surface area contributed by atoms with Crippen LogP contribution >= 0.6 is 0 Å². The summed E-state index contributed by atoms with van der Waals surface area (Å²) in [5.74, 6) is 0. The van der Waals surface area contributed by atoms with Gasteiger partial charge in [-0.3, -0.25) is 14.8 Å². The van der Waals surface area contributed by atoms with Crippen LogP contribution in [0.4, 0.5) is 27.5 Å². The van der Waals surface area contributed by atoms with Crippen molar-refractivity contribution in [2.75, 3.05) is 15.4 Å². The first-order chi connectivity index (χ1) is 16.8. The molecule has 0 aliphatic heterocycles. The van der Waals surface area contributed by atoms with Crippen LogP contribution in [-0.2, 0) is 10.0 Å². The molecule has 9 nitrogen and oxygen atoms in total. The number of benzene rings is 4. The van der Waals surface area contributed by atoms with Crippen molar-refractivity contribution < 1.29 is 18.1 Å². The number of nitrogens with zero attached hydrogens (tertiary/aromatic N) is 1. The summed E-state index contributed by atoms with van der Waals surface area (Å²) in [6, 6.07) is 27.3. The number of rotatable bonds is 7. The Morgan fingerprint density at radius 1 is 0.686 bits per heavy atom. The molecule has 0 bridgehead atoms. The number of nitro benzene ring substituents is 1. The third-order valence-electron chi connectivity index (χ3n) is 5.02. The van der Waals surface area contributed by atoms with Crippen LogP contribution in [0.5, 0.6) is 0 Å². The summed E-state index contributed by atoms with van der Waals surface area (Å²) >= 11 is 0. The molecule has 0 aliphatic carbocycles. The van der Waals surface area contributed by atoms with Crippen LogP contribution < -0.4 is 15.4 Å². The Morgan fingerprint density at radius 2 is 1.26 bits per heavy atom. The van der Waals surface area contributed by atoms with Crippen molar-refractivity contribution in [2.24, 2.45) is 0 Å². The number of nitro groups is 1. The molecule has 0 aliphatic rings. The summed E-state index contributed by atoms with van der Waals surface area (Å²) < 4.78 is 28.0. The molecule has 0 unspecified atom stereocenters. The molecular weight excluding hydrogens is 468 g/mol. The first-order valence-corrected chi connectivity index (χ1v) is 11.9. The predicted molar refractivity (Wildman–Crippen MR) is 135 cm³/mol. The van der Waals surface area contributed by atoms with Gasteiger partial charge in [0.15, 0.2) is 0 Å². The largest absolute Gasteiger partial charge is 0.323 e. The molecule has 0 atom stereocenters. The minimum absolute atomic E-state index is 0.0534. The van der Waals surface area contributed by atoms with Crippen molar-refractivity contribution in [3.63, 3.8) is 0 Å². The maximum atomic E-state index is 12.8. The molecule has 0 heterocycles. The SMILES string of the molecule is O=C(Nc1ccc(NS(=O)(=O)c2ccc(-c3ccccc3)cc2)cc1)Nc1ccccc1[N+](=O)[O-]. The van der Waals surface area contributed by atoms with Crippen LogP contribution in [0.2, 0.25) is 0 Å². The Labute approximate surface area is 201 Å². The van der Waals surface area contributed by atoms with Gasteiger partial charge in [-0.25, -0.2) is 13.2 Å². The standard InChI is InChI=1S/C25H20N4O5S/c30-25(27-23-8-4-5-9-24(23)29(31)32)26-20-12-14-21(15-13-20)28-35(33,34)22-16-10-19(11-17-22)18-6-2-1-3-7-18/h1-17,28H,(H2,26,27,30). The zero-order valence-corrected chi connectivity index (χ0v) is 19.0. The molecule has 4 aromatic carbocycles. The summed E-state index contributed by atoms with van der Waals surface area (Å²) in [5.41, 5.74) is 2.39. The van der Waals surface area contributed by atoms with Crippen LogP contribution in [-0.4, -0.2) is 19.4 Å². The van der Waals surface area contributed by atoms with Crippen molar-refractivity contribution in [2.45, 2.75) is 4.90 Å². The van der Waals surface area contributed by atoms with Crippen LogP contribution in [0.15, 0.2) is 108 Å². The molecule has 4 aromatic rings. The molecule has 0 radical (unpaired) electrons. The van der Waals surface area contributed by atoms with E-state index in [1.54, 1.807) is 18.2 Å². The van der Waals surface area contributed by atoms with Gasteiger partial charge in [0.25, 0.3) is 15.7 Å². The second-order valence-corrected chi connectivity index (χ2v) is 9.11. The van der Waals surface area contributed by atoms with Crippen LogP contribution in [0.1, 0.15) is 0 Å². The van der Waals surface area contributed by atoms with Gasteiger partial charge < -0.3 is 10.6 Å². The number of carbonyl (C=O) groups excluding carboxylic acids is 1. The first kappa shape index (κ1) is 23.5. The number of para-hydroxylation sites is 2. The summed E-state index contributed by atoms with van der Waals surface area (Å²) in [6.07, 6.45) is 0. The van der Waals surface area contributed by atoms with Crippen LogP contribution in [0.25, 0.3) is 11.1 Å². The van der Waals surface area contributed by atoms with Gasteiger partial charge in [0.1, 0.15) is 5.69 Å². The average molecular weight is 489 g/mol. The fourth-order valence-corrected chi connectivity index (χ4v) is 4.37. The lowest BCUT2D eigenvalue weighted by Crippen LogP contribution is -2.20. The van der Waals surface area contributed by atoms with E-state index in [0.717, 1.165) is 11.1 Å². The normalized spacial score (nSPS) is 10.9. The van der Waals surface area contributed by atoms with Crippen LogP contribution in [0.3, 0.4) is 0 Å². The molecule has 4 rings (SSSR count). The summed E-state index contributed by atoms with van der Waals surface area (Å²) in [5, 5.41) is 16.1. The summed E-state index contributed by atoms with van der Waals surface area (Å²) in [4.78, 5) is 22.8. The van der Waals surface area contributed by atoms with Gasteiger partial charge in [-0.2, -0.15) is 0 Å². The lowest BCUT2D eigenvalue weighted by Gasteiger charge is -2.11. The molecular formula is C25H20N4O5S.